The van der Waals surface area contributed by atoms with Crippen LogP contribution in [0.2, 0.25) is 0 Å². The van der Waals surface area contributed by atoms with Gasteiger partial charge < -0.3 is 0 Å². The zero-order valence-electron chi connectivity index (χ0n) is 12.7. The number of carbonyl (C=O) groups is 1. The van der Waals surface area contributed by atoms with E-state index in [4.69, 9.17) is 11.6 Å². The summed E-state index contributed by atoms with van der Waals surface area (Å²) in [7, 11) is -1.61. The van der Waals surface area contributed by atoms with Gasteiger partial charge in [-0.05, 0) is 25.5 Å². The highest BCUT2D eigenvalue weighted by Crippen LogP contribution is 2.34. The zero-order valence-corrected chi connectivity index (χ0v) is 14.3. The summed E-state index contributed by atoms with van der Waals surface area (Å²) in [4.78, 5) is 13.4. The Labute approximate surface area is 139 Å². The smallest absolute Gasteiger partial charge is 0.196 e. The molecule has 116 valence electrons. The van der Waals surface area contributed by atoms with Crippen LogP contribution in [0, 0.1) is 6.92 Å². The third-order valence-corrected chi connectivity index (χ3v) is 5.93. The fraction of sp³-hybridized carbons (Fsp3) is 0.278. The first-order valence-electron chi connectivity index (χ1n) is 7.26. The van der Waals surface area contributed by atoms with Gasteiger partial charge in [0.15, 0.2) is 9.99 Å². The molecule has 0 saturated heterocycles. The monoisotopic (exact) mass is 334 g/mol. The van der Waals surface area contributed by atoms with E-state index in [1.54, 1.807) is 36.4 Å². The van der Waals surface area contributed by atoms with Gasteiger partial charge in [-0.15, -0.1) is 0 Å². The summed E-state index contributed by atoms with van der Waals surface area (Å²) < 4.78 is 11.5. The van der Waals surface area contributed by atoms with E-state index in [1.807, 2.05) is 32.0 Å². The summed E-state index contributed by atoms with van der Waals surface area (Å²) >= 11 is 6.60. The van der Waals surface area contributed by atoms with E-state index in [0.717, 1.165) is 5.56 Å². The lowest BCUT2D eigenvalue weighted by molar-refractivity contribution is 0.0970. The van der Waals surface area contributed by atoms with E-state index >= 15 is 0 Å². The van der Waals surface area contributed by atoms with Crippen LogP contribution < -0.4 is 0 Å². The molecule has 0 amide bonds. The second-order valence-electron chi connectivity index (χ2n) is 5.26. The van der Waals surface area contributed by atoms with Gasteiger partial charge in [-0.3, -0.25) is 9.00 Å². The molecule has 2 aromatic carbocycles. The third-order valence-electron chi connectivity index (χ3n) is 3.48. The van der Waals surface area contributed by atoms with E-state index in [9.17, 15) is 9.00 Å². The standard InChI is InChI=1S/C18H19ClO2S/c1-3-13-18(19,17(20)15-7-5-4-6-8-15)22(21)16-11-9-14(2)10-12-16/h4-12H,3,13H2,1-2H3. The maximum atomic E-state index is 12.9. The van der Waals surface area contributed by atoms with Crippen molar-refractivity contribution in [3.63, 3.8) is 0 Å². The fourth-order valence-corrected chi connectivity index (χ4v) is 4.26. The molecule has 2 rings (SSSR count). The van der Waals surface area contributed by atoms with E-state index in [0.29, 0.717) is 23.3 Å². The topological polar surface area (TPSA) is 34.1 Å². The van der Waals surface area contributed by atoms with Gasteiger partial charge in [-0.25, -0.2) is 0 Å². The fourth-order valence-electron chi connectivity index (χ4n) is 2.27. The Morgan fingerprint density at radius 2 is 1.68 bits per heavy atom. The number of rotatable bonds is 6. The van der Waals surface area contributed by atoms with Crippen LogP contribution in [0.1, 0.15) is 35.7 Å². The van der Waals surface area contributed by atoms with Crippen LogP contribution in [-0.2, 0) is 10.8 Å². The maximum Gasteiger partial charge on any atom is 0.196 e. The Hall–Kier alpha value is -1.45. The van der Waals surface area contributed by atoms with Gasteiger partial charge in [0.2, 0.25) is 0 Å². The number of hydrogen-bond donors (Lipinski definition) is 0. The first-order valence-corrected chi connectivity index (χ1v) is 8.79. The highest BCUT2D eigenvalue weighted by atomic mass is 35.5. The van der Waals surface area contributed by atoms with Crippen molar-refractivity contribution in [2.24, 2.45) is 0 Å². The summed E-state index contributed by atoms with van der Waals surface area (Å²) in [5.74, 6) is -0.282. The van der Waals surface area contributed by atoms with Crippen LogP contribution in [0.25, 0.3) is 0 Å². The van der Waals surface area contributed by atoms with Gasteiger partial charge in [-0.2, -0.15) is 0 Å². The number of ketones is 1. The first kappa shape index (κ1) is 16.9. The van der Waals surface area contributed by atoms with Crippen LogP contribution in [0.3, 0.4) is 0 Å². The van der Waals surface area contributed by atoms with E-state index in [-0.39, 0.29) is 5.78 Å². The molecule has 0 aliphatic rings. The summed E-state index contributed by atoms with van der Waals surface area (Å²) in [6, 6.07) is 16.1. The second-order valence-corrected chi connectivity index (χ2v) is 7.83. The van der Waals surface area contributed by atoms with Crippen molar-refractivity contribution >= 4 is 28.2 Å². The van der Waals surface area contributed by atoms with Gasteiger partial charge in [0.05, 0.1) is 10.8 Å². The average Bonchev–Trinajstić information content (AvgIpc) is 2.55. The Balaban J connectivity index is 2.41. The van der Waals surface area contributed by atoms with E-state index in [1.165, 1.54) is 0 Å². The summed E-state index contributed by atoms with van der Waals surface area (Å²) in [6.07, 6.45) is 1.04. The molecule has 0 bridgehead atoms. The predicted molar refractivity (Wildman–Crippen MR) is 91.9 cm³/mol. The van der Waals surface area contributed by atoms with Gasteiger partial charge in [0, 0.05) is 10.5 Å². The molecular formula is C18H19ClO2S. The molecule has 22 heavy (non-hydrogen) atoms. The van der Waals surface area contributed by atoms with Gasteiger partial charge in [0.25, 0.3) is 0 Å². The Kier molecular flexibility index (Phi) is 5.54. The minimum absolute atomic E-state index is 0.282. The summed E-state index contributed by atoms with van der Waals surface area (Å²) in [6.45, 7) is 3.89. The zero-order chi connectivity index (χ0) is 16.2. The molecule has 2 unspecified atom stereocenters. The van der Waals surface area contributed by atoms with Gasteiger partial charge in [0.1, 0.15) is 0 Å². The first-order chi connectivity index (χ1) is 10.5. The maximum absolute atomic E-state index is 12.9. The molecule has 2 nitrogen and oxygen atoms in total. The lowest BCUT2D eigenvalue weighted by atomic mass is 10.0. The van der Waals surface area contributed by atoms with Crippen LogP contribution in [0.4, 0.5) is 0 Å². The molecule has 0 aromatic heterocycles. The molecule has 2 atom stereocenters. The number of halogens is 1. The van der Waals surface area contributed by atoms with Crippen LogP contribution in [-0.4, -0.2) is 14.2 Å². The Bertz CT molecular complexity index is 667. The molecule has 0 heterocycles. The molecule has 4 heteroatoms. The van der Waals surface area contributed by atoms with Crippen LogP contribution >= 0.6 is 11.6 Å². The minimum Gasteiger partial charge on any atom is -0.291 e. The van der Waals surface area contributed by atoms with Gasteiger partial charge >= 0.3 is 0 Å². The van der Waals surface area contributed by atoms with Crippen molar-refractivity contribution in [1.82, 2.24) is 0 Å². The predicted octanol–water partition coefficient (Wildman–Crippen LogP) is 4.72. The molecule has 0 radical (unpaired) electrons. The number of Topliss-reactive ketones (excluding diaryl/α,β-unsaturated/α-hetero) is 1. The largest absolute Gasteiger partial charge is 0.291 e. The number of alkyl halides is 1. The molecule has 0 aliphatic heterocycles. The van der Waals surface area contributed by atoms with Crippen molar-refractivity contribution in [3.8, 4) is 0 Å². The quantitative estimate of drug-likeness (QED) is 0.565. The number of hydrogen-bond acceptors (Lipinski definition) is 2. The molecule has 0 fully saturated rings. The van der Waals surface area contributed by atoms with Crippen molar-refractivity contribution in [1.29, 1.82) is 0 Å². The normalized spacial score (nSPS) is 15.0. The van der Waals surface area contributed by atoms with Crippen LogP contribution in [0.15, 0.2) is 59.5 Å². The van der Waals surface area contributed by atoms with Crippen molar-refractivity contribution < 1.29 is 9.00 Å². The van der Waals surface area contributed by atoms with Crippen molar-refractivity contribution in [3.05, 3.63) is 65.7 Å². The molecule has 0 aliphatic carbocycles. The Morgan fingerprint density at radius 3 is 2.23 bits per heavy atom. The highest BCUT2D eigenvalue weighted by molar-refractivity contribution is 7.89. The SMILES string of the molecule is CCCC(Cl)(C(=O)c1ccccc1)S(=O)c1ccc(C)cc1. The van der Waals surface area contributed by atoms with E-state index < -0.39 is 15.0 Å². The summed E-state index contributed by atoms with van der Waals surface area (Å²) in [5.41, 5.74) is 1.57. The highest BCUT2D eigenvalue weighted by Gasteiger charge is 2.42. The molecular weight excluding hydrogens is 316 g/mol. The minimum atomic E-state index is -1.61. The number of benzene rings is 2. The molecule has 0 N–H and O–H groups in total. The summed E-state index contributed by atoms with van der Waals surface area (Å²) in [5, 5.41) is 0. The molecule has 2 aromatic rings. The lowest BCUT2D eigenvalue weighted by Gasteiger charge is -2.24. The number of carbonyl (C=O) groups excluding carboxylic acids is 1. The molecule has 0 spiro atoms. The average molecular weight is 335 g/mol. The second kappa shape index (κ2) is 7.21. The lowest BCUT2D eigenvalue weighted by Crippen LogP contribution is -2.37. The van der Waals surface area contributed by atoms with Gasteiger partial charge in [-0.1, -0.05) is 73.0 Å². The third kappa shape index (κ3) is 3.47. The molecule has 0 saturated carbocycles. The van der Waals surface area contributed by atoms with Crippen molar-refractivity contribution in [2.75, 3.05) is 0 Å². The van der Waals surface area contributed by atoms with Crippen molar-refractivity contribution in [2.45, 2.75) is 35.8 Å². The Morgan fingerprint density at radius 1 is 1.09 bits per heavy atom. The van der Waals surface area contributed by atoms with Crippen LogP contribution in [0.5, 0.6) is 0 Å². The number of aryl methyl sites for hydroxylation is 1. The van der Waals surface area contributed by atoms with E-state index in [2.05, 4.69) is 0 Å².